The van der Waals surface area contributed by atoms with Crippen LogP contribution in [0.15, 0.2) is 53.0 Å². The molecular formula is C18H15BrN2O3. The summed E-state index contributed by atoms with van der Waals surface area (Å²) in [6.07, 6.45) is 0.566. The Balaban J connectivity index is 1.68. The SMILES string of the molecule is O=C(Nc1ccccc1Br)c1ccc(CN2C(=O)CCC2=O)cc1. The average molecular weight is 387 g/mol. The summed E-state index contributed by atoms with van der Waals surface area (Å²) in [5, 5.41) is 2.83. The highest BCUT2D eigenvalue weighted by Crippen LogP contribution is 2.22. The second-order valence-electron chi connectivity index (χ2n) is 5.50. The van der Waals surface area contributed by atoms with E-state index in [0.717, 1.165) is 10.0 Å². The lowest BCUT2D eigenvalue weighted by Crippen LogP contribution is -2.28. The van der Waals surface area contributed by atoms with Crippen molar-refractivity contribution in [1.29, 1.82) is 0 Å². The standard InChI is InChI=1S/C18H15BrN2O3/c19-14-3-1-2-4-15(14)20-18(24)13-7-5-12(6-8-13)11-21-16(22)9-10-17(21)23/h1-8H,9-11H2,(H,20,24). The normalized spacial score (nSPS) is 14.1. The van der Waals surface area contributed by atoms with Crippen LogP contribution >= 0.6 is 15.9 Å². The van der Waals surface area contributed by atoms with Gasteiger partial charge in [-0.1, -0.05) is 24.3 Å². The van der Waals surface area contributed by atoms with Crippen LogP contribution in [0.4, 0.5) is 5.69 Å². The minimum atomic E-state index is -0.221. The van der Waals surface area contributed by atoms with Gasteiger partial charge in [-0.2, -0.15) is 0 Å². The van der Waals surface area contributed by atoms with Gasteiger partial charge < -0.3 is 5.32 Å². The molecule has 5 nitrogen and oxygen atoms in total. The first-order valence-corrected chi connectivity index (χ1v) is 8.32. The molecule has 122 valence electrons. The molecule has 0 spiro atoms. The Morgan fingerprint density at radius 2 is 1.62 bits per heavy atom. The summed E-state index contributed by atoms with van der Waals surface area (Å²) in [4.78, 5) is 36.8. The number of rotatable bonds is 4. The van der Waals surface area contributed by atoms with Crippen LogP contribution in [-0.2, 0) is 16.1 Å². The number of benzene rings is 2. The number of halogens is 1. The Morgan fingerprint density at radius 3 is 2.25 bits per heavy atom. The summed E-state index contributed by atoms with van der Waals surface area (Å²) >= 11 is 3.38. The number of nitrogens with zero attached hydrogens (tertiary/aromatic N) is 1. The highest BCUT2D eigenvalue weighted by molar-refractivity contribution is 9.10. The topological polar surface area (TPSA) is 66.5 Å². The van der Waals surface area contributed by atoms with Crippen LogP contribution in [0.3, 0.4) is 0 Å². The molecule has 1 aliphatic heterocycles. The maximum Gasteiger partial charge on any atom is 0.255 e. The van der Waals surface area contributed by atoms with Crippen molar-refractivity contribution in [3.05, 3.63) is 64.1 Å². The van der Waals surface area contributed by atoms with E-state index in [2.05, 4.69) is 21.2 Å². The molecule has 0 atom stereocenters. The lowest BCUT2D eigenvalue weighted by atomic mass is 10.1. The summed E-state index contributed by atoms with van der Waals surface area (Å²) in [5.74, 6) is -0.506. The van der Waals surface area contributed by atoms with Crippen LogP contribution in [0.5, 0.6) is 0 Å². The zero-order chi connectivity index (χ0) is 17.1. The molecule has 24 heavy (non-hydrogen) atoms. The molecule has 3 rings (SSSR count). The Bertz CT molecular complexity index is 786. The van der Waals surface area contributed by atoms with Gasteiger partial charge in [0, 0.05) is 22.9 Å². The zero-order valence-electron chi connectivity index (χ0n) is 12.8. The van der Waals surface area contributed by atoms with E-state index < -0.39 is 0 Å². The maximum absolute atomic E-state index is 12.3. The third-order valence-corrected chi connectivity index (χ3v) is 4.53. The zero-order valence-corrected chi connectivity index (χ0v) is 14.4. The summed E-state index contributed by atoms with van der Waals surface area (Å²) < 4.78 is 0.807. The van der Waals surface area contributed by atoms with E-state index >= 15 is 0 Å². The van der Waals surface area contributed by atoms with Crippen LogP contribution in [0.25, 0.3) is 0 Å². The van der Waals surface area contributed by atoms with Crippen LogP contribution in [0.2, 0.25) is 0 Å². The van der Waals surface area contributed by atoms with E-state index in [1.165, 1.54) is 4.90 Å². The Kier molecular flexibility index (Phi) is 4.76. The molecule has 3 amide bonds. The smallest absolute Gasteiger partial charge is 0.255 e. The lowest BCUT2D eigenvalue weighted by Gasteiger charge is -2.14. The molecule has 0 aromatic heterocycles. The molecule has 2 aromatic rings. The van der Waals surface area contributed by atoms with Crippen LogP contribution < -0.4 is 5.32 Å². The van der Waals surface area contributed by atoms with Gasteiger partial charge in [-0.25, -0.2) is 0 Å². The molecule has 2 aromatic carbocycles. The van der Waals surface area contributed by atoms with Crippen molar-refractivity contribution in [3.8, 4) is 0 Å². The van der Waals surface area contributed by atoms with Crippen molar-refractivity contribution in [3.63, 3.8) is 0 Å². The maximum atomic E-state index is 12.3. The van der Waals surface area contributed by atoms with E-state index in [9.17, 15) is 14.4 Å². The van der Waals surface area contributed by atoms with Gasteiger partial charge in [0.1, 0.15) is 0 Å². The van der Waals surface area contributed by atoms with Crippen molar-refractivity contribution in [2.24, 2.45) is 0 Å². The first-order valence-electron chi connectivity index (χ1n) is 7.52. The minimum Gasteiger partial charge on any atom is -0.321 e. The highest BCUT2D eigenvalue weighted by Gasteiger charge is 2.28. The van der Waals surface area contributed by atoms with Crippen molar-refractivity contribution in [2.45, 2.75) is 19.4 Å². The van der Waals surface area contributed by atoms with E-state index in [1.54, 1.807) is 30.3 Å². The summed E-state index contributed by atoms with van der Waals surface area (Å²) in [7, 11) is 0. The number of carbonyl (C=O) groups excluding carboxylic acids is 3. The van der Waals surface area contributed by atoms with Gasteiger partial charge in [0.15, 0.2) is 0 Å². The molecule has 1 aliphatic rings. The first kappa shape index (κ1) is 16.4. The van der Waals surface area contributed by atoms with E-state index in [4.69, 9.17) is 0 Å². The van der Waals surface area contributed by atoms with Gasteiger partial charge in [0.25, 0.3) is 5.91 Å². The number of nitrogens with one attached hydrogen (secondary N) is 1. The lowest BCUT2D eigenvalue weighted by molar-refractivity contribution is -0.139. The second-order valence-corrected chi connectivity index (χ2v) is 6.36. The molecule has 0 saturated carbocycles. The Morgan fingerprint density at radius 1 is 1.00 bits per heavy atom. The average Bonchev–Trinajstić information content (AvgIpc) is 2.89. The van der Waals surface area contributed by atoms with Gasteiger partial charge in [-0.15, -0.1) is 0 Å². The molecule has 0 bridgehead atoms. The van der Waals surface area contributed by atoms with Gasteiger partial charge in [0.2, 0.25) is 11.8 Å². The summed E-state index contributed by atoms with van der Waals surface area (Å²) in [6.45, 7) is 0.254. The van der Waals surface area contributed by atoms with Gasteiger partial charge in [0.05, 0.1) is 12.2 Å². The van der Waals surface area contributed by atoms with Crippen molar-refractivity contribution < 1.29 is 14.4 Å². The summed E-state index contributed by atoms with van der Waals surface area (Å²) in [6, 6.07) is 14.3. The third kappa shape index (κ3) is 3.54. The fraction of sp³-hybridized carbons (Fsp3) is 0.167. The molecule has 1 fully saturated rings. The molecule has 0 aliphatic carbocycles. The summed E-state index contributed by atoms with van der Waals surface area (Å²) in [5.41, 5.74) is 2.02. The van der Waals surface area contributed by atoms with Crippen molar-refractivity contribution in [1.82, 2.24) is 4.90 Å². The number of hydrogen-bond donors (Lipinski definition) is 1. The quantitative estimate of drug-likeness (QED) is 0.819. The molecule has 1 saturated heterocycles. The van der Waals surface area contributed by atoms with Gasteiger partial charge >= 0.3 is 0 Å². The van der Waals surface area contributed by atoms with E-state index in [-0.39, 0.29) is 37.1 Å². The predicted molar refractivity (Wildman–Crippen MR) is 93.3 cm³/mol. The number of anilines is 1. The number of carbonyl (C=O) groups is 3. The Hall–Kier alpha value is -2.47. The van der Waals surface area contributed by atoms with E-state index in [0.29, 0.717) is 11.3 Å². The molecule has 0 radical (unpaired) electrons. The number of para-hydroxylation sites is 1. The van der Waals surface area contributed by atoms with Crippen LogP contribution in [-0.4, -0.2) is 22.6 Å². The number of likely N-dealkylation sites (tertiary alicyclic amines) is 1. The minimum absolute atomic E-state index is 0.143. The second kappa shape index (κ2) is 6.97. The number of imide groups is 1. The first-order chi connectivity index (χ1) is 11.5. The van der Waals surface area contributed by atoms with Gasteiger partial charge in [-0.3, -0.25) is 19.3 Å². The highest BCUT2D eigenvalue weighted by atomic mass is 79.9. The monoisotopic (exact) mass is 386 g/mol. The largest absolute Gasteiger partial charge is 0.321 e. The molecule has 1 heterocycles. The van der Waals surface area contributed by atoms with E-state index in [1.807, 2.05) is 18.2 Å². The Labute approximate surface area is 147 Å². The fourth-order valence-electron chi connectivity index (χ4n) is 2.50. The third-order valence-electron chi connectivity index (χ3n) is 3.83. The number of amides is 3. The predicted octanol–water partition coefficient (Wildman–Crippen LogP) is 3.35. The van der Waals surface area contributed by atoms with Gasteiger partial charge in [-0.05, 0) is 45.8 Å². The fourth-order valence-corrected chi connectivity index (χ4v) is 2.88. The van der Waals surface area contributed by atoms with Crippen molar-refractivity contribution >= 4 is 39.3 Å². The molecule has 0 unspecified atom stereocenters. The molecule has 1 N–H and O–H groups in total. The molecular weight excluding hydrogens is 372 g/mol. The van der Waals surface area contributed by atoms with Crippen molar-refractivity contribution in [2.75, 3.05) is 5.32 Å². The molecule has 6 heteroatoms. The van der Waals surface area contributed by atoms with Crippen LogP contribution in [0.1, 0.15) is 28.8 Å². The van der Waals surface area contributed by atoms with Crippen LogP contribution in [0, 0.1) is 0 Å². The number of hydrogen-bond acceptors (Lipinski definition) is 3.